The standard InChI is InChI=1S/C20H22O6/c1-12(2)20(23)26-15-7-5-13(6-8-15)18(21)19(22)14-9-16(24-3)11-17(10-14)25-4/h5-12,19,22H,1-4H3. The number of carbonyl (C=O) groups excluding carboxylic acids is 2. The van der Waals surface area contributed by atoms with E-state index in [1.807, 2.05) is 0 Å². The molecule has 0 heterocycles. The molecule has 0 aromatic heterocycles. The van der Waals surface area contributed by atoms with Gasteiger partial charge in [-0.15, -0.1) is 0 Å². The number of rotatable bonds is 7. The van der Waals surface area contributed by atoms with Crippen molar-refractivity contribution in [2.45, 2.75) is 20.0 Å². The Bertz CT molecular complexity index is 757. The topological polar surface area (TPSA) is 82.1 Å². The maximum Gasteiger partial charge on any atom is 0.313 e. The summed E-state index contributed by atoms with van der Waals surface area (Å²) in [6.45, 7) is 3.47. The lowest BCUT2D eigenvalue weighted by Crippen LogP contribution is -2.15. The molecule has 0 fully saturated rings. The molecule has 1 atom stereocenters. The molecule has 2 rings (SSSR count). The van der Waals surface area contributed by atoms with Crippen molar-refractivity contribution in [1.82, 2.24) is 0 Å². The summed E-state index contributed by atoms with van der Waals surface area (Å²) in [5, 5.41) is 10.4. The van der Waals surface area contributed by atoms with Crippen molar-refractivity contribution in [3.05, 3.63) is 53.6 Å². The molecule has 0 saturated carbocycles. The molecule has 0 aliphatic rings. The number of hydrogen-bond donors (Lipinski definition) is 1. The lowest BCUT2D eigenvalue weighted by molar-refractivity contribution is -0.137. The summed E-state index contributed by atoms with van der Waals surface area (Å²) in [4.78, 5) is 24.1. The van der Waals surface area contributed by atoms with Crippen molar-refractivity contribution < 1.29 is 28.9 Å². The molecule has 0 amide bonds. The Balaban J connectivity index is 2.19. The monoisotopic (exact) mass is 358 g/mol. The molecule has 6 heteroatoms. The maximum atomic E-state index is 12.5. The van der Waals surface area contributed by atoms with E-state index in [9.17, 15) is 14.7 Å². The second-order valence-electron chi connectivity index (χ2n) is 6.01. The molecule has 0 spiro atoms. The first-order chi connectivity index (χ1) is 12.3. The number of esters is 1. The number of carbonyl (C=O) groups is 2. The highest BCUT2D eigenvalue weighted by atomic mass is 16.5. The van der Waals surface area contributed by atoms with E-state index in [0.29, 0.717) is 28.4 Å². The first-order valence-electron chi connectivity index (χ1n) is 8.12. The number of hydrogen-bond acceptors (Lipinski definition) is 6. The van der Waals surface area contributed by atoms with Crippen molar-refractivity contribution in [2.24, 2.45) is 5.92 Å². The Morgan fingerprint density at radius 1 is 0.885 bits per heavy atom. The van der Waals surface area contributed by atoms with E-state index in [4.69, 9.17) is 14.2 Å². The molecule has 0 aliphatic carbocycles. The fraction of sp³-hybridized carbons (Fsp3) is 0.300. The van der Waals surface area contributed by atoms with Crippen LogP contribution in [0.4, 0.5) is 0 Å². The van der Waals surface area contributed by atoms with Gasteiger partial charge in [0.2, 0.25) is 0 Å². The van der Waals surface area contributed by atoms with Gasteiger partial charge in [-0.3, -0.25) is 9.59 Å². The highest BCUT2D eigenvalue weighted by Gasteiger charge is 2.21. The normalized spacial score (nSPS) is 11.8. The average molecular weight is 358 g/mol. The molecular weight excluding hydrogens is 336 g/mol. The minimum Gasteiger partial charge on any atom is -0.497 e. The predicted octanol–water partition coefficient (Wildman–Crippen LogP) is 3.18. The molecule has 1 N–H and O–H groups in total. The van der Waals surface area contributed by atoms with Gasteiger partial charge in [-0.1, -0.05) is 13.8 Å². The fourth-order valence-corrected chi connectivity index (χ4v) is 2.22. The van der Waals surface area contributed by atoms with E-state index in [0.717, 1.165) is 0 Å². The molecule has 1 unspecified atom stereocenters. The van der Waals surface area contributed by atoms with E-state index < -0.39 is 11.9 Å². The van der Waals surface area contributed by atoms with Crippen LogP contribution in [0.3, 0.4) is 0 Å². The number of benzene rings is 2. The third kappa shape index (κ3) is 4.61. The predicted molar refractivity (Wildman–Crippen MR) is 95.8 cm³/mol. The lowest BCUT2D eigenvalue weighted by Gasteiger charge is -2.13. The minimum atomic E-state index is -1.37. The van der Waals surface area contributed by atoms with Crippen LogP contribution in [0.5, 0.6) is 17.2 Å². The number of ether oxygens (including phenoxy) is 3. The van der Waals surface area contributed by atoms with Crippen molar-refractivity contribution in [2.75, 3.05) is 14.2 Å². The number of ketones is 1. The molecular formula is C20H22O6. The first kappa shape index (κ1) is 19.5. The maximum absolute atomic E-state index is 12.5. The number of methoxy groups -OCH3 is 2. The third-order valence-corrected chi connectivity index (χ3v) is 3.77. The van der Waals surface area contributed by atoms with Crippen molar-refractivity contribution in [3.63, 3.8) is 0 Å². The van der Waals surface area contributed by atoms with Crippen LogP contribution in [-0.4, -0.2) is 31.1 Å². The number of Topliss-reactive ketones (excluding diaryl/α,β-unsaturated/α-hetero) is 1. The molecule has 2 aromatic rings. The summed E-state index contributed by atoms with van der Waals surface area (Å²) in [6.07, 6.45) is -1.37. The van der Waals surface area contributed by atoms with Gasteiger partial charge in [-0.25, -0.2) is 0 Å². The smallest absolute Gasteiger partial charge is 0.313 e. The van der Waals surface area contributed by atoms with Crippen LogP contribution < -0.4 is 14.2 Å². The van der Waals surface area contributed by atoms with E-state index in [-0.39, 0.29) is 11.9 Å². The summed E-state index contributed by atoms with van der Waals surface area (Å²) in [5.74, 6) is 0.206. The molecule has 0 bridgehead atoms. The van der Waals surface area contributed by atoms with Gasteiger partial charge in [0.25, 0.3) is 0 Å². The van der Waals surface area contributed by atoms with Gasteiger partial charge < -0.3 is 19.3 Å². The van der Waals surface area contributed by atoms with Crippen LogP contribution in [0.25, 0.3) is 0 Å². The van der Waals surface area contributed by atoms with Gasteiger partial charge in [0.15, 0.2) is 5.78 Å². The van der Waals surface area contributed by atoms with Crippen molar-refractivity contribution in [1.29, 1.82) is 0 Å². The molecule has 138 valence electrons. The van der Waals surface area contributed by atoms with E-state index in [2.05, 4.69) is 0 Å². The summed E-state index contributed by atoms with van der Waals surface area (Å²) in [7, 11) is 2.98. The number of aliphatic hydroxyl groups is 1. The highest BCUT2D eigenvalue weighted by Crippen LogP contribution is 2.28. The lowest BCUT2D eigenvalue weighted by atomic mass is 9.99. The Morgan fingerprint density at radius 3 is 1.88 bits per heavy atom. The van der Waals surface area contributed by atoms with Gasteiger partial charge >= 0.3 is 5.97 Å². The molecule has 0 saturated heterocycles. The Labute approximate surface area is 152 Å². The van der Waals surface area contributed by atoms with Crippen LogP contribution in [0.1, 0.15) is 35.9 Å². The molecule has 26 heavy (non-hydrogen) atoms. The van der Waals surface area contributed by atoms with Gasteiger partial charge in [0.05, 0.1) is 20.1 Å². The van der Waals surface area contributed by atoms with E-state index in [1.54, 1.807) is 32.0 Å². The summed E-state index contributed by atoms with van der Waals surface area (Å²) >= 11 is 0. The second kappa shape index (κ2) is 8.49. The van der Waals surface area contributed by atoms with Gasteiger partial charge in [-0.2, -0.15) is 0 Å². The Morgan fingerprint density at radius 2 is 1.42 bits per heavy atom. The van der Waals surface area contributed by atoms with Crippen LogP contribution in [0.15, 0.2) is 42.5 Å². The SMILES string of the molecule is COc1cc(OC)cc(C(O)C(=O)c2ccc(OC(=O)C(C)C)cc2)c1. The zero-order valence-corrected chi connectivity index (χ0v) is 15.2. The Kier molecular flexibility index (Phi) is 6.36. The summed E-state index contributed by atoms with van der Waals surface area (Å²) < 4.78 is 15.5. The van der Waals surface area contributed by atoms with Crippen LogP contribution >= 0.6 is 0 Å². The molecule has 6 nitrogen and oxygen atoms in total. The first-order valence-corrected chi connectivity index (χ1v) is 8.12. The van der Waals surface area contributed by atoms with Crippen LogP contribution in [0.2, 0.25) is 0 Å². The summed E-state index contributed by atoms with van der Waals surface area (Å²) in [6, 6.07) is 10.9. The molecule has 2 aromatic carbocycles. The van der Waals surface area contributed by atoms with Crippen LogP contribution in [-0.2, 0) is 4.79 Å². The average Bonchev–Trinajstić information content (AvgIpc) is 2.66. The van der Waals surface area contributed by atoms with E-state index in [1.165, 1.54) is 38.5 Å². The zero-order chi connectivity index (χ0) is 19.3. The molecule has 0 radical (unpaired) electrons. The second-order valence-corrected chi connectivity index (χ2v) is 6.01. The van der Waals surface area contributed by atoms with Crippen LogP contribution in [0, 0.1) is 5.92 Å². The highest BCUT2D eigenvalue weighted by molar-refractivity contribution is 6.00. The third-order valence-electron chi connectivity index (χ3n) is 3.77. The molecule has 0 aliphatic heterocycles. The fourth-order valence-electron chi connectivity index (χ4n) is 2.22. The van der Waals surface area contributed by atoms with Gasteiger partial charge in [0.1, 0.15) is 23.4 Å². The number of aliphatic hydroxyl groups excluding tert-OH is 1. The van der Waals surface area contributed by atoms with Crippen molar-refractivity contribution in [3.8, 4) is 17.2 Å². The largest absolute Gasteiger partial charge is 0.497 e. The summed E-state index contributed by atoms with van der Waals surface area (Å²) in [5.41, 5.74) is 0.658. The zero-order valence-electron chi connectivity index (χ0n) is 15.2. The van der Waals surface area contributed by atoms with E-state index >= 15 is 0 Å². The van der Waals surface area contributed by atoms with Crippen molar-refractivity contribution >= 4 is 11.8 Å². The van der Waals surface area contributed by atoms with Gasteiger partial charge in [-0.05, 0) is 42.0 Å². The Hall–Kier alpha value is -2.86. The van der Waals surface area contributed by atoms with Gasteiger partial charge in [0, 0.05) is 11.6 Å². The quantitative estimate of drug-likeness (QED) is 0.465. The minimum absolute atomic E-state index is 0.249.